The van der Waals surface area contributed by atoms with Gasteiger partial charge in [-0.05, 0) is 54.1 Å². The zero-order chi connectivity index (χ0) is 14.3. The number of hydrogen-bond donors (Lipinski definition) is 0. The van der Waals surface area contributed by atoms with E-state index in [1.807, 2.05) is 0 Å². The molecule has 2 heteroatoms. The second-order valence-corrected chi connectivity index (χ2v) is 6.66. The predicted octanol–water partition coefficient (Wildman–Crippen LogP) is 5.46. The highest BCUT2D eigenvalue weighted by Gasteiger charge is 2.32. The number of rotatable bonds is 2. The average molecular weight is 281 g/mol. The number of aliphatic imine (C=N–C) groups is 1. The highest BCUT2D eigenvalue weighted by Crippen LogP contribution is 2.41. The van der Waals surface area contributed by atoms with Gasteiger partial charge in [0.05, 0.1) is 5.69 Å². The summed E-state index contributed by atoms with van der Waals surface area (Å²) in [5.74, 6) is 0. The summed E-state index contributed by atoms with van der Waals surface area (Å²) in [6, 6.07) is 15.4. The highest BCUT2D eigenvalue weighted by atomic mass is 32.2. The predicted molar refractivity (Wildman–Crippen MR) is 89.5 cm³/mol. The monoisotopic (exact) mass is 281 g/mol. The normalized spacial score (nSPS) is 15.9. The summed E-state index contributed by atoms with van der Waals surface area (Å²) in [6.45, 7) is 6.61. The van der Waals surface area contributed by atoms with Crippen molar-refractivity contribution in [2.24, 2.45) is 4.99 Å². The zero-order valence-electron chi connectivity index (χ0n) is 12.4. The van der Waals surface area contributed by atoms with Gasteiger partial charge in [-0.2, -0.15) is 0 Å². The molecule has 0 fully saturated rings. The van der Waals surface area contributed by atoms with Gasteiger partial charge in [0.2, 0.25) is 0 Å². The van der Waals surface area contributed by atoms with Gasteiger partial charge in [0, 0.05) is 16.0 Å². The van der Waals surface area contributed by atoms with Crippen LogP contribution in [0.15, 0.2) is 52.4 Å². The minimum absolute atomic E-state index is 0.0462. The number of benzene rings is 2. The Morgan fingerprint density at radius 3 is 2.25 bits per heavy atom. The largest absolute Gasteiger partial charge is 0.257 e. The van der Waals surface area contributed by atoms with Crippen LogP contribution >= 0.6 is 11.8 Å². The third-order valence-electron chi connectivity index (χ3n) is 4.29. The summed E-state index contributed by atoms with van der Waals surface area (Å²) in [6.07, 6.45) is 2.10. The first-order valence-corrected chi connectivity index (χ1v) is 8.09. The maximum atomic E-state index is 4.68. The van der Waals surface area contributed by atoms with Crippen LogP contribution in [0.5, 0.6) is 0 Å². The van der Waals surface area contributed by atoms with Crippen molar-refractivity contribution in [3.8, 4) is 11.1 Å². The highest BCUT2D eigenvalue weighted by molar-refractivity contribution is 7.98. The van der Waals surface area contributed by atoms with Crippen molar-refractivity contribution in [3.05, 3.63) is 48.0 Å². The summed E-state index contributed by atoms with van der Waals surface area (Å²) in [5.41, 5.74) is 6.24. The lowest BCUT2D eigenvalue weighted by Crippen LogP contribution is -2.22. The third kappa shape index (κ3) is 2.08. The zero-order valence-corrected chi connectivity index (χ0v) is 13.2. The fourth-order valence-electron chi connectivity index (χ4n) is 2.61. The van der Waals surface area contributed by atoms with Crippen LogP contribution < -0.4 is 0 Å². The summed E-state index contributed by atoms with van der Waals surface area (Å²) in [7, 11) is 0. The molecule has 0 radical (unpaired) electrons. The second kappa shape index (κ2) is 4.78. The van der Waals surface area contributed by atoms with Crippen molar-refractivity contribution in [1.82, 2.24) is 0 Å². The fourth-order valence-corrected chi connectivity index (χ4v) is 3.02. The van der Waals surface area contributed by atoms with E-state index in [1.165, 1.54) is 27.3 Å². The minimum Gasteiger partial charge on any atom is -0.257 e. The average Bonchev–Trinajstić information content (AvgIpc) is 2.69. The molecule has 2 aromatic carbocycles. The van der Waals surface area contributed by atoms with Gasteiger partial charge < -0.3 is 0 Å². The van der Waals surface area contributed by atoms with Crippen molar-refractivity contribution in [2.45, 2.75) is 31.1 Å². The Bertz CT molecular complexity index is 681. The smallest absolute Gasteiger partial charge is 0.0671 e. The van der Waals surface area contributed by atoms with Crippen molar-refractivity contribution in [1.29, 1.82) is 0 Å². The maximum Gasteiger partial charge on any atom is 0.0671 e. The van der Waals surface area contributed by atoms with Crippen LogP contribution in [0.3, 0.4) is 0 Å². The van der Waals surface area contributed by atoms with E-state index in [-0.39, 0.29) is 5.41 Å². The molecule has 102 valence electrons. The van der Waals surface area contributed by atoms with E-state index in [2.05, 4.69) is 74.5 Å². The molecular weight excluding hydrogens is 262 g/mol. The van der Waals surface area contributed by atoms with Crippen LogP contribution in [0.25, 0.3) is 11.1 Å². The lowest BCUT2D eigenvalue weighted by Gasteiger charge is -2.20. The van der Waals surface area contributed by atoms with E-state index in [4.69, 9.17) is 0 Å². The Balaban J connectivity index is 2.04. The molecule has 0 bridgehead atoms. The van der Waals surface area contributed by atoms with E-state index in [9.17, 15) is 0 Å². The molecular formula is C18H19NS. The Labute approximate surface area is 125 Å². The van der Waals surface area contributed by atoms with E-state index in [1.54, 1.807) is 11.8 Å². The Hall–Kier alpha value is -1.54. The molecule has 0 saturated heterocycles. The van der Waals surface area contributed by atoms with Crippen molar-refractivity contribution < 1.29 is 0 Å². The van der Waals surface area contributed by atoms with Crippen molar-refractivity contribution in [3.63, 3.8) is 0 Å². The number of hydrogen-bond acceptors (Lipinski definition) is 2. The third-order valence-corrected chi connectivity index (χ3v) is 5.03. The van der Waals surface area contributed by atoms with Gasteiger partial charge in [0.25, 0.3) is 0 Å². The molecule has 1 aliphatic rings. The first-order chi connectivity index (χ1) is 9.52. The quantitative estimate of drug-likeness (QED) is 0.666. The molecule has 20 heavy (non-hydrogen) atoms. The van der Waals surface area contributed by atoms with Crippen molar-refractivity contribution >= 4 is 23.2 Å². The molecule has 0 unspecified atom stereocenters. The second-order valence-electron chi connectivity index (χ2n) is 5.78. The van der Waals surface area contributed by atoms with Gasteiger partial charge in [-0.15, -0.1) is 11.8 Å². The van der Waals surface area contributed by atoms with Gasteiger partial charge in [-0.3, -0.25) is 4.99 Å². The van der Waals surface area contributed by atoms with Gasteiger partial charge in [-0.25, -0.2) is 0 Å². The summed E-state index contributed by atoms with van der Waals surface area (Å²) in [5, 5.41) is 0. The van der Waals surface area contributed by atoms with Crippen LogP contribution in [-0.2, 0) is 5.41 Å². The number of thioether (sulfide) groups is 1. The molecule has 3 rings (SSSR count). The van der Waals surface area contributed by atoms with E-state index in [0.29, 0.717) is 0 Å². The van der Waals surface area contributed by atoms with Crippen LogP contribution in [0.2, 0.25) is 0 Å². The topological polar surface area (TPSA) is 12.4 Å². The molecule has 1 heterocycles. The summed E-state index contributed by atoms with van der Waals surface area (Å²) in [4.78, 5) is 5.98. The first kappa shape index (κ1) is 13.4. The standard InChI is InChI=1S/C18H19NS/c1-12-18(2,3)16-11-14(7-10-17(16)19-12)13-5-8-15(20-4)9-6-13/h5-11H,1-4H3. The Kier molecular flexibility index (Phi) is 3.21. The molecule has 0 amide bonds. The molecule has 0 aliphatic carbocycles. The van der Waals surface area contributed by atoms with Gasteiger partial charge >= 0.3 is 0 Å². The lowest BCUT2D eigenvalue weighted by molar-refractivity contribution is 0.733. The summed E-state index contributed by atoms with van der Waals surface area (Å²) < 4.78 is 0. The van der Waals surface area contributed by atoms with Crippen LogP contribution in [0.4, 0.5) is 5.69 Å². The van der Waals surface area contributed by atoms with Crippen LogP contribution in [0.1, 0.15) is 26.3 Å². The van der Waals surface area contributed by atoms with Gasteiger partial charge in [0.1, 0.15) is 0 Å². The lowest BCUT2D eigenvalue weighted by atomic mass is 9.81. The Morgan fingerprint density at radius 1 is 0.950 bits per heavy atom. The molecule has 0 saturated carbocycles. The number of nitrogens with zero attached hydrogens (tertiary/aromatic N) is 1. The van der Waals surface area contributed by atoms with E-state index >= 15 is 0 Å². The molecule has 0 aromatic heterocycles. The first-order valence-electron chi connectivity index (χ1n) is 6.87. The van der Waals surface area contributed by atoms with E-state index in [0.717, 1.165) is 5.69 Å². The molecule has 0 N–H and O–H groups in total. The minimum atomic E-state index is 0.0462. The molecule has 1 nitrogen and oxygen atoms in total. The van der Waals surface area contributed by atoms with Crippen LogP contribution in [-0.4, -0.2) is 12.0 Å². The van der Waals surface area contributed by atoms with Gasteiger partial charge in [0.15, 0.2) is 0 Å². The SMILES string of the molecule is CSc1ccc(-c2ccc3c(c2)C(C)(C)C(C)=N3)cc1. The molecule has 0 atom stereocenters. The molecule has 1 aliphatic heterocycles. The van der Waals surface area contributed by atoms with Crippen LogP contribution in [0, 0.1) is 0 Å². The van der Waals surface area contributed by atoms with Crippen molar-refractivity contribution in [2.75, 3.05) is 6.26 Å². The van der Waals surface area contributed by atoms with Gasteiger partial charge in [-0.1, -0.05) is 32.0 Å². The Morgan fingerprint density at radius 2 is 1.60 bits per heavy atom. The number of fused-ring (bicyclic) bond motifs is 1. The molecule has 0 spiro atoms. The fraction of sp³-hybridized carbons (Fsp3) is 0.278. The summed E-state index contributed by atoms with van der Waals surface area (Å²) >= 11 is 1.77. The molecule has 2 aromatic rings. The maximum absolute atomic E-state index is 4.68. The van der Waals surface area contributed by atoms with E-state index < -0.39 is 0 Å².